The summed E-state index contributed by atoms with van der Waals surface area (Å²) in [7, 11) is 2.06. The Hall–Kier alpha value is -2.30. The monoisotopic (exact) mass is 336 g/mol. The molecule has 5 heterocycles. The van der Waals surface area contributed by atoms with E-state index in [9.17, 15) is 0 Å². The first kappa shape index (κ1) is 14.1. The van der Waals surface area contributed by atoms with Crippen molar-refractivity contribution in [2.24, 2.45) is 0 Å². The Labute approximate surface area is 140 Å². The van der Waals surface area contributed by atoms with E-state index in [1.807, 2.05) is 24.5 Å². The number of hydrogen-bond acceptors (Lipinski definition) is 4. The van der Waals surface area contributed by atoms with Gasteiger partial charge in [0.1, 0.15) is 5.65 Å². The number of pyridine rings is 1. The first-order valence-electron chi connectivity index (χ1n) is 8.00. The fourth-order valence-electron chi connectivity index (χ4n) is 3.38. The molecule has 1 aliphatic rings. The maximum absolute atomic E-state index is 4.54. The predicted octanol–water partition coefficient (Wildman–Crippen LogP) is 2.28. The molecule has 0 saturated carbocycles. The lowest BCUT2D eigenvalue weighted by molar-refractivity contribution is 0.438. The van der Waals surface area contributed by atoms with Crippen LogP contribution in [-0.4, -0.2) is 55.7 Å². The van der Waals surface area contributed by atoms with E-state index in [0.29, 0.717) is 0 Å². The van der Waals surface area contributed by atoms with Gasteiger partial charge in [0, 0.05) is 41.6 Å². The summed E-state index contributed by atoms with van der Waals surface area (Å²) in [5.41, 5.74) is 5.58. The fraction of sp³-hybridized carbons (Fsp3) is 0.235. The number of fused-ring (bicyclic) bond motifs is 2. The topological polar surface area (TPSA) is 62.1 Å². The Morgan fingerprint density at radius 3 is 3.00 bits per heavy atom. The largest absolute Gasteiger partial charge is 0.339 e. The normalized spacial score (nSPS) is 18.8. The summed E-state index contributed by atoms with van der Waals surface area (Å²) < 4.78 is 1.67. The highest BCUT2D eigenvalue weighted by atomic mass is 31.1. The van der Waals surface area contributed by atoms with Crippen LogP contribution in [0.15, 0.2) is 42.9 Å². The molecule has 5 rings (SSSR count). The molecular weight excluding hydrogens is 319 g/mol. The van der Waals surface area contributed by atoms with Crippen LogP contribution in [0.4, 0.5) is 0 Å². The third-order valence-corrected chi connectivity index (χ3v) is 7.10. The lowest BCUT2D eigenvalue weighted by atomic mass is 10.1. The molecule has 6 nitrogen and oxygen atoms in total. The number of nitrogens with one attached hydrogen (secondary N) is 1. The van der Waals surface area contributed by atoms with Crippen LogP contribution in [0.3, 0.4) is 0 Å². The second-order valence-corrected chi connectivity index (χ2v) is 8.51. The number of aromatic amines is 1. The fourth-order valence-corrected chi connectivity index (χ4v) is 5.80. The highest BCUT2D eigenvalue weighted by Gasteiger charge is 2.23. The van der Waals surface area contributed by atoms with Gasteiger partial charge >= 0.3 is 0 Å². The van der Waals surface area contributed by atoms with Gasteiger partial charge in [-0.2, -0.15) is 14.8 Å². The first-order valence-corrected chi connectivity index (χ1v) is 9.71. The maximum atomic E-state index is 4.54. The van der Waals surface area contributed by atoms with Crippen LogP contribution in [0.25, 0.3) is 27.7 Å². The lowest BCUT2D eigenvalue weighted by Gasteiger charge is -2.08. The molecule has 4 aromatic rings. The highest BCUT2D eigenvalue weighted by Crippen LogP contribution is 2.40. The highest BCUT2D eigenvalue weighted by molar-refractivity contribution is 7.65. The molecule has 1 fully saturated rings. The molecule has 1 aliphatic heterocycles. The number of aromatic nitrogens is 5. The van der Waals surface area contributed by atoms with Gasteiger partial charge in [0.2, 0.25) is 0 Å². The average Bonchev–Trinajstić information content (AvgIpc) is 3.31. The molecule has 7 heteroatoms. The van der Waals surface area contributed by atoms with Crippen LogP contribution in [0, 0.1) is 0 Å². The van der Waals surface area contributed by atoms with Gasteiger partial charge in [-0.3, -0.25) is 0 Å². The van der Waals surface area contributed by atoms with Crippen molar-refractivity contribution in [2.75, 3.05) is 26.0 Å². The molecule has 0 bridgehead atoms. The molecule has 1 unspecified atom stereocenters. The van der Waals surface area contributed by atoms with Crippen LogP contribution in [0.5, 0.6) is 0 Å². The lowest BCUT2D eigenvalue weighted by Crippen LogP contribution is -2.12. The van der Waals surface area contributed by atoms with Gasteiger partial charge in [-0.05, 0) is 51.0 Å². The zero-order chi connectivity index (χ0) is 16.1. The van der Waals surface area contributed by atoms with Crippen LogP contribution < -0.4 is 5.44 Å². The Kier molecular flexibility index (Phi) is 3.15. The van der Waals surface area contributed by atoms with Gasteiger partial charge in [-0.25, -0.2) is 4.98 Å². The van der Waals surface area contributed by atoms with Crippen molar-refractivity contribution in [3.8, 4) is 11.1 Å². The molecule has 120 valence electrons. The van der Waals surface area contributed by atoms with Gasteiger partial charge in [-0.15, -0.1) is 0 Å². The standard InChI is InChI=1S/C17H17N6P/c1-22-7-8-24(11-22)16-9-13-12(4-6-18-17(13)21-16)14-10-20-23-15(14)3-2-5-19-23/h2-6,9-10H,7-8,11H2,1H3,(H,18,21). The summed E-state index contributed by atoms with van der Waals surface area (Å²) >= 11 is 0. The van der Waals surface area contributed by atoms with E-state index in [-0.39, 0.29) is 7.92 Å². The zero-order valence-electron chi connectivity index (χ0n) is 13.3. The smallest absolute Gasteiger partial charge is 0.138 e. The molecule has 0 spiro atoms. The van der Waals surface area contributed by atoms with E-state index in [1.165, 1.54) is 23.5 Å². The van der Waals surface area contributed by atoms with Gasteiger partial charge in [0.25, 0.3) is 0 Å². The summed E-state index contributed by atoms with van der Waals surface area (Å²) in [4.78, 5) is 10.5. The summed E-state index contributed by atoms with van der Waals surface area (Å²) in [6.07, 6.45) is 7.93. The van der Waals surface area contributed by atoms with Crippen molar-refractivity contribution in [1.82, 2.24) is 29.7 Å². The number of hydrogen-bond donors (Lipinski definition) is 1. The third-order valence-electron chi connectivity index (χ3n) is 4.62. The minimum Gasteiger partial charge on any atom is -0.339 e. The van der Waals surface area contributed by atoms with E-state index >= 15 is 0 Å². The van der Waals surface area contributed by atoms with E-state index in [1.54, 1.807) is 10.8 Å². The van der Waals surface area contributed by atoms with Gasteiger partial charge < -0.3 is 9.88 Å². The Bertz CT molecular complexity index is 1040. The molecule has 4 aromatic heterocycles. The van der Waals surface area contributed by atoms with Crippen LogP contribution in [0.1, 0.15) is 0 Å². The Balaban J connectivity index is 1.67. The molecular formula is C17H17N6P. The minimum atomic E-state index is -0.134. The molecule has 0 aliphatic carbocycles. The first-order chi connectivity index (χ1) is 11.8. The molecule has 24 heavy (non-hydrogen) atoms. The third kappa shape index (κ3) is 2.14. The van der Waals surface area contributed by atoms with Crippen molar-refractivity contribution in [1.29, 1.82) is 0 Å². The van der Waals surface area contributed by atoms with Crippen molar-refractivity contribution in [2.45, 2.75) is 0 Å². The van der Waals surface area contributed by atoms with Gasteiger partial charge in [0.05, 0.1) is 11.7 Å². The van der Waals surface area contributed by atoms with E-state index in [0.717, 1.165) is 28.6 Å². The molecule has 0 radical (unpaired) electrons. The second-order valence-electron chi connectivity index (χ2n) is 6.22. The maximum Gasteiger partial charge on any atom is 0.138 e. The molecule has 0 amide bonds. The summed E-state index contributed by atoms with van der Waals surface area (Å²) in [5, 5.41) is 9.80. The van der Waals surface area contributed by atoms with Gasteiger partial charge in [0.15, 0.2) is 0 Å². The van der Waals surface area contributed by atoms with Crippen LogP contribution in [-0.2, 0) is 0 Å². The Morgan fingerprint density at radius 1 is 1.17 bits per heavy atom. The van der Waals surface area contributed by atoms with Crippen LogP contribution >= 0.6 is 7.92 Å². The van der Waals surface area contributed by atoms with E-state index in [4.69, 9.17) is 0 Å². The Morgan fingerprint density at radius 2 is 2.12 bits per heavy atom. The second kappa shape index (κ2) is 5.36. The molecule has 1 atom stereocenters. The van der Waals surface area contributed by atoms with Gasteiger partial charge in [-0.1, -0.05) is 0 Å². The number of rotatable bonds is 2. The van der Waals surface area contributed by atoms with Crippen molar-refractivity contribution < 1.29 is 0 Å². The van der Waals surface area contributed by atoms with Crippen molar-refractivity contribution in [3.05, 3.63) is 42.9 Å². The molecule has 1 N–H and O–H groups in total. The summed E-state index contributed by atoms with van der Waals surface area (Å²) in [6.45, 7) is 1.18. The number of nitrogens with zero attached hydrogens (tertiary/aromatic N) is 5. The van der Waals surface area contributed by atoms with E-state index in [2.05, 4.69) is 44.2 Å². The predicted molar refractivity (Wildman–Crippen MR) is 97.0 cm³/mol. The number of H-pyrrole nitrogens is 1. The van der Waals surface area contributed by atoms with E-state index < -0.39 is 0 Å². The summed E-state index contributed by atoms with van der Waals surface area (Å²) in [6, 6.07) is 8.35. The molecule has 1 saturated heterocycles. The van der Waals surface area contributed by atoms with Crippen LogP contribution in [0.2, 0.25) is 0 Å². The average molecular weight is 336 g/mol. The van der Waals surface area contributed by atoms with Crippen molar-refractivity contribution in [3.63, 3.8) is 0 Å². The SMILES string of the molecule is CN1CCP(c2cc3c(-c4cnn5ncccc45)ccnc3[nH]2)C1. The quantitative estimate of drug-likeness (QED) is 0.571. The van der Waals surface area contributed by atoms with Crippen molar-refractivity contribution >= 4 is 29.9 Å². The molecule has 0 aromatic carbocycles. The minimum absolute atomic E-state index is 0.134. The summed E-state index contributed by atoms with van der Waals surface area (Å²) in [5.74, 6) is 0. The zero-order valence-corrected chi connectivity index (χ0v) is 14.2.